The highest BCUT2D eigenvalue weighted by atomic mass is 32.2. The largest absolute Gasteiger partial charge is 0.444 e. The molecule has 0 aromatic rings. The van der Waals surface area contributed by atoms with Crippen molar-refractivity contribution in [2.75, 3.05) is 18.1 Å². The zero-order chi connectivity index (χ0) is 15.2. The van der Waals surface area contributed by atoms with Gasteiger partial charge in [-0.25, -0.2) is 4.79 Å². The van der Waals surface area contributed by atoms with E-state index in [2.05, 4.69) is 20.7 Å². The van der Waals surface area contributed by atoms with E-state index in [1.807, 2.05) is 0 Å². The van der Waals surface area contributed by atoms with Gasteiger partial charge in [-0.05, 0) is 26.3 Å². The number of β-lactam (4-membered cyclic amide) rings is 1. The molecule has 20 heavy (non-hydrogen) atoms. The Balaban J connectivity index is 2.10. The van der Waals surface area contributed by atoms with Gasteiger partial charge in [0.25, 0.3) is 0 Å². The van der Waals surface area contributed by atoms with Crippen molar-refractivity contribution in [3.8, 4) is 0 Å². The second kappa shape index (κ2) is 7.25. The van der Waals surface area contributed by atoms with Gasteiger partial charge in [0.05, 0.1) is 6.04 Å². The summed E-state index contributed by atoms with van der Waals surface area (Å²) in [5.41, 5.74) is 7.81. The van der Waals surface area contributed by atoms with Gasteiger partial charge in [0.1, 0.15) is 11.6 Å². The van der Waals surface area contributed by atoms with Crippen molar-refractivity contribution in [2.24, 2.45) is 5.11 Å². The lowest BCUT2D eigenvalue weighted by Crippen LogP contribution is -2.62. The number of rotatable bonds is 6. The molecule has 1 aliphatic heterocycles. The summed E-state index contributed by atoms with van der Waals surface area (Å²) < 4.78 is 5.09. The number of hydrogen-bond donors (Lipinski definition) is 2. The Hall–Kier alpha value is -1.60. The number of carbonyl (C=O) groups excluding carboxylic acids is 2. The van der Waals surface area contributed by atoms with Crippen LogP contribution < -0.4 is 10.6 Å². The van der Waals surface area contributed by atoms with Crippen molar-refractivity contribution < 1.29 is 14.3 Å². The number of nitrogens with zero attached hydrogens (tertiary/aromatic N) is 3. The van der Waals surface area contributed by atoms with Gasteiger partial charge in [0.15, 0.2) is 0 Å². The molecule has 0 aromatic heterocycles. The predicted octanol–water partition coefficient (Wildman–Crippen LogP) is 1.42. The highest BCUT2D eigenvalue weighted by Gasteiger charge is 2.37. The highest BCUT2D eigenvalue weighted by Crippen LogP contribution is 2.16. The van der Waals surface area contributed by atoms with Crippen molar-refractivity contribution >= 4 is 23.8 Å². The van der Waals surface area contributed by atoms with Gasteiger partial charge in [-0.15, -0.1) is 0 Å². The lowest BCUT2D eigenvalue weighted by Gasteiger charge is -2.33. The van der Waals surface area contributed by atoms with E-state index >= 15 is 0 Å². The third kappa shape index (κ3) is 5.58. The summed E-state index contributed by atoms with van der Waals surface area (Å²) in [6, 6.07) is -0.726. The monoisotopic (exact) mass is 301 g/mol. The molecule has 0 saturated carbocycles. The fourth-order valence-corrected chi connectivity index (χ4v) is 2.44. The molecule has 9 heteroatoms. The molecule has 2 N–H and O–H groups in total. The van der Waals surface area contributed by atoms with E-state index in [0.29, 0.717) is 18.1 Å². The summed E-state index contributed by atoms with van der Waals surface area (Å²) in [4.78, 5) is 25.1. The molecule has 1 fully saturated rings. The van der Waals surface area contributed by atoms with Gasteiger partial charge in [-0.2, -0.15) is 11.8 Å². The van der Waals surface area contributed by atoms with Gasteiger partial charge in [-0.1, -0.05) is 5.11 Å². The molecule has 1 aliphatic rings. The van der Waals surface area contributed by atoms with Crippen LogP contribution in [0.5, 0.6) is 0 Å². The molecule has 2 atom stereocenters. The first kappa shape index (κ1) is 16.5. The average Bonchev–Trinajstić information content (AvgIpc) is 2.32. The van der Waals surface area contributed by atoms with Crippen LogP contribution in [0, 0.1) is 0 Å². The summed E-state index contributed by atoms with van der Waals surface area (Å²) in [6.45, 7) is 5.88. The molecule has 0 bridgehead atoms. The molecule has 8 nitrogen and oxygen atoms in total. The summed E-state index contributed by atoms with van der Waals surface area (Å²) >= 11 is 1.56. The Labute approximate surface area is 121 Å². The third-order valence-corrected chi connectivity index (χ3v) is 3.45. The molecule has 1 saturated heterocycles. The second-order valence-electron chi connectivity index (χ2n) is 5.27. The Morgan fingerprint density at radius 2 is 2.30 bits per heavy atom. The number of carbonyl (C=O) groups is 2. The highest BCUT2D eigenvalue weighted by molar-refractivity contribution is 7.99. The first-order chi connectivity index (χ1) is 9.33. The number of thioether (sulfide) groups is 1. The van der Waals surface area contributed by atoms with Crippen LogP contribution in [-0.4, -0.2) is 47.7 Å². The van der Waals surface area contributed by atoms with E-state index in [0.717, 1.165) is 0 Å². The molecular weight excluding hydrogens is 282 g/mol. The minimum Gasteiger partial charge on any atom is -0.444 e. The van der Waals surface area contributed by atoms with Crippen molar-refractivity contribution in [1.82, 2.24) is 10.6 Å². The standard InChI is InChI=1S/C11H19N5O3S/c1-11(2,3)19-10(18)13-4-5-20-6-7-8(15-16-12)9(17)14-7/h7-8H,4-6H2,1-3H3,(H,13,18)(H,14,17). The molecule has 1 heterocycles. The van der Waals surface area contributed by atoms with Gasteiger partial charge in [-0.3, -0.25) is 4.79 Å². The number of ether oxygens (including phenoxy) is 1. The van der Waals surface area contributed by atoms with Gasteiger partial charge in [0, 0.05) is 23.0 Å². The predicted molar refractivity (Wildman–Crippen MR) is 76.4 cm³/mol. The average molecular weight is 301 g/mol. The van der Waals surface area contributed by atoms with Crippen LogP contribution >= 0.6 is 11.8 Å². The molecule has 2 unspecified atom stereocenters. The van der Waals surface area contributed by atoms with Crippen molar-refractivity contribution in [1.29, 1.82) is 0 Å². The second-order valence-corrected chi connectivity index (χ2v) is 6.42. The Morgan fingerprint density at radius 3 is 2.85 bits per heavy atom. The Bertz CT molecular complexity index is 415. The Morgan fingerprint density at radius 1 is 1.60 bits per heavy atom. The van der Waals surface area contributed by atoms with Crippen LogP contribution in [0.1, 0.15) is 20.8 Å². The zero-order valence-corrected chi connectivity index (χ0v) is 12.6. The van der Waals surface area contributed by atoms with Crippen molar-refractivity contribution in [3.05, 3.63) is 10.4 Å². The molecule has 0 spiro atoms. The van der Waals surface area contributed by atoms with Crippen molar-refractivity contribution in [2.45, 2.75) is 38.5 Å². The molecule has 0 aromatic carbocycles. The summed E-state index contributed by atoms with van der Waals surface area (Å²) in [7, 11) is 0. The van der Waals surface area contributed by atoms with E-state index in [1.54, 1.807) is 32.5 Å². The first-order valence-electron chi connectivity index (χ1n) is 6.22. The van der Waals surface area contributed by atoms with Crippen LogP contribution in [-0.2, 0) is 9.53 Å². The van der Waals surface area contributed by atoms with E-state index in [9.17, 15) is 9.59 Å². The summed E-state index contributed by atoms with van der Waals surface area (Å²) in [5, 5.41) is 8.74. The molecular formula is C11H19N5O3S. The first-order valence-corrected chi connectivity index (χ1v) is 7.38. The van der Waals surface area contributed by atoms with Crippen LogP contribution in [0.25, 0.3) is 10.4 Å². The normalized spacial score (nSPS) is 21.2. The lowest BCUT2D eigenvalue weighted by molar-refractivity contribution is -0.129. The minimum absolute atomic E-state index is 0.120. The Kier molecular flexibility index (Phi) is 5.97. The number of amides is 2. The van der Waals surface area contributed by atoms with E-state index < -0.39 is 17.7 Å². The maximum Gasteiger partial charge on any atom is 0.407 e. The van der Waals surface area contributed by atoms with Crippen LogP contribution in [0.3, 0.4) is 0 Å². The van der Waals surface area contributed by atoms with Crippen LogP contribution in [0.2, 0.25) is 0 Å². The summed E-state index contributed by atoms with van der Waals surface area (Å²) in [6.07, 6.45) is -0.443. The van der Waals surface area contributed by atoms with Crippen molar-refractivity contribution in [3.63, 3.8) is 0 Å². The van der Waals surface area contributed by atoms with Crippen LogP contribution in [0.4, 0.5) is 4.79 Å². The van der Waals surface area contributed by atoms with Crippen LogP contribution in [0.15, 0.2) is 5.11 Å². The minimum atomic E-state index is -0.605. The number of hydrogen-bond acceptors (Lipinski definition) is 5. The number of azide groups is 1. The van der Waals surface area contributed by atoms with E-state index in [1.165, 1.54) is 0 Å². The lowest BCUT2D eigenvalue weighted by atomic mass is 10.0. The number of nitrogens with one attached hydrogen (secondary N) is 2. The van der Waals surface area contributed by atoms with Gasteiger partial charge < -0.3 is 15.4 Å². The fraction of sp³-hybridized carbons (Fsp3) is 0.818. The van der Waals surface area contributed by atoms with E-state index in [-0.39, 0.29) is 11.9 Å². The SMILES string of the molecule is CC(C)(C)OC(=O)NCCSCC1NC(=O)C1N=[N+]=[N-]. The summed E-state index contributed by atoms with van der Waals surface area (Å²) in [5.74, 6) is 1.10. The maximum absolute atomic E-state index is 11.3. The zero-order valence-electron chi connectivity index (χ0n) is 11.8. The van der Waals surface area contributed by atoms with Gasteiger partial charge in [0.2, 0.25) is 5.91 Å². The van der Waals surface area contributed by atoms with Gasteiger partial charge >= 0.3 is 6.09 Å². The smallest absolute Gasteiger partial charge is 0.407 e. The maximum atomic E-state index is 11.3. The third-order valence-electron chi connectivity index (χ3n) is 2.37. The molecule has 112 valence electrons. The topological polar surface area (TPSA) is 116 Å². The quantitative estimate of drug-likeness (QED) is 0.254. The van der Waals surface area contributed by atoms with E-state index in [4.69, 9.17) is 10.3 Å². The molecule has 2 amide bonds. The fourth-order valence-electron chi connectivity index (χ4n) is 1.50. The molecule has 0 aliphatic carbocycles. The molecule has 1 rings (SSSR count). The number of alkyl carbamates (subject to hydrolysis) is 1. The molecule has 0 radical (unpaired) electrons.